The molecule has 0 saturated carbocycles. The fraction of sp³-hybridized carbons (Fsp3) is 0.364. The molecule has 1 amide bonds. The molecule has 15 heavy (non-hydrogen) atoms. The van der Waals surface area contributed by atoms with Gasteiger partial charge in [0.2, 0.25) is 5.91 Å². The smallest absolute Gasteiger partial charge is 0.235 e. The molecule has 0 spiro atoms. The highest BCUT2D eigenvalue weighted by atomic mass is 35.5. The van der Waals surface area contributed by atoms with Gasteiger partial charge in [-0.25, -0.2) is 0 Å². The van der Waals surface area contributed by atoms with Crippen LogP contribution in [0.15, 0.2) is 30.3 Å². The largest absolute Gasteiger partial charge is 0.368 e. The number of benzene rings is 1. The van der Waals surface area contributed by atoms with E-state index in [0.29, 0.717) is 0 Å². The number of halogens is 1. The lowest BCUT2D eigenvalue weighted by Gasteiger charge is -2.29. The molecule has 0 aliphatic heterocycles. The highest BCUT2D eigenvalue weighted by molar-refractivity contribution is 5.85. The van der Waals surface area contributed by atoms with Crippen LogP contribution in [0.1, 0.15) is 19.4 Å². The summed E-state index contributed by atoms with van der Waals surface area (Å²) in [5, 5.41) is 0. The predicted octanol–water partition coefficient (Wildman–Crippen LogP) is 1.20. The molecule has 4 heteroatoms. The molecule has 84 valence electrons. The third-order valence-electron chi connectivity index (χ3n) is 2.60. The van der Waals surface area contributed by atoms with Gasteiger partial charge < -0.3 is 11.5 Å². The van der Waals surface area contributed by atoms with E-state index >= 15 is 0 Å². The van der Waals surface area contributed by atoms with Crippen molar-refractivity contribution >= 4 is 18.3 Å². The molecule has 1 unspecified atom stereocenters. The van der Waals surface area contributed by atoms with Crippen molar-refractivity contribution in [2.24, 2.45) is 11.5 Å². The van der Waals surface area contributed by atoms with Crippen LogP contribution in [0, 0.1) is 0 Å². The van der Waals surface area contributed by atoms with Crippen molar-refractivity contribution in [2.75, 3.05) is 0 Å². The highest BCUT2D eigenvalue weighted by Gasteiger charge is 2.31. The molecule has 0 aliphatic carbocycles. The predicted molar refractivity (Wildman–Crippen MR) is 63.9 cm³/mol. The topological polar surface area (TPSA) is 69.1 Å². The van der Waals surface area contributed by atoms with Crippen LogP contribution in [0.2, 0.25) is 0 Å². The quantitative estimate of drug-likeness (QED) is 0.816. The minimum Gasteiger partial charge on any atom is -0.368 e. The van der Waals surface area contributed by atoms with E-state index in [-0.39, 0.29) is 12.4 Å². The van der Waals surface area contributed by atoms with Gasteiger partial charge in [-0.05, 0) is 5.56 Å². The normalized spacial score (nSPS) is 12.7. The van der Waals surface area contributed by atoms with Crippen LogP contribution in [-0.4, -0.2) is 11.9 Å². The van der Waals surface area contributed by atoms with Crippen molar-refractivity contribution in [3.63, 3.8) is 0 Å². The summed E-state index contributed by atoms with van der Waals surface area (Å²) in [4.78, 5) is 11.0. The van der Waals surface area contributed by atoms with Crippen molar-refractivity contribution in [2.45, 2.75) is 25.3 Å². The Morgan fingerprint density at radius 1 is 1.27 bits per heavy atom. The Balaban J connectivity index is 0.00000196. The molecule has 1 aromatic carbocycles. The fourth-order valence-corrected chi connectivity index (χ4v) is 1.40. The number of nitrogens with two attached hydrogens (primary N) is 2. The minimum atomic E-state index is -0.662. The first-order valence-electron chi connectivity index (χ1n) is 4.56. The van der Waals surface area contributed by atoms with E-state index in [1.807, 2.05) is 44.2 Å². The van der Waals surface area contributed by atoms with Gasteiger partial charge in [-0.1, -0.05) is 44.2 Å². The van der Waals surface area contributed by atoms with E-state index in [4.69, 9.17) is 11.5 Å². The first-order chi connectivity index (χ1) is 6.46. The van der Waals surface area contributed by atoms with Crippen LogP contribution in [0.3, 0.4) is 0 Å². The zero-order chi connectivity index (χ0) is 10.8. The molecule has 0 radical (unpaired) electrons. The zero-order valence-corrected chi connectivity index (χ0v) is 9.75. The summed E-state index contributed by atoms with van der Waals surface area (Å²) < 4.78 is 0. The van der Waals surface area contributed by atoms with Gasteiger partial charge in [-0.15, -0.1) is 12.4 Å². The monoisotopic (exact) mass is 228 g/mol. The Labute approximate surface area is 96.3 Å². The first-order valence-corrected chi connectivity index (χ1v) is 4.56. The Bertz CT molecular complexity index is 325. The van der Waals surface area contributed by atoms with Crippen molar-refractivity contribution in [1.29, 1.82) is 0 Å². The summed E-state index contributed by atoms with van der Waals surface area (Å²) >= 11 is 0. The van der Waals surface area contributed by atoms with Gasteiger partial charge in [0.05, 0.1) is 6.04 Å². The van der Waals surface area contributed by atoms with Crippen LogP contribution in [0.4, 0.5) is 0 Å². The van der Waals surface area contributed by atoms with E-state index in [0.717, 1.165) is 5.56 Å². The maximum Gasteiger partial charge on any atom is 0.235 e. The molecule has 1 atom stereocenters. The summed E-state index contributed by atoms with van der Waals surface area (Å²) in [5.41, 5.74) is 11.5. The number of primary amides is 1. The van der Waals surface area contributed by atoms with Gasteiger partial charge >= 0.3 is 0 Å². The van der Waals surface area contributed by atoms with Crippen LogP contribution >= 0.6 is 12.4 Å². The zero-order valence-electron chi connectivity index (χ0n) is 8.94. The van der Waals surface area contributed by atoms with E-state index in [2.05, 4.69) is 0 Å². The Kier molecular flexibility index (Phi) is 4.78. The molecule has 0 saturated heterocycles. The van der Waals surface area contributed by atoms with Gasteiger partial charge in [0.15, 0.2) is 0 Å². The number of hydrogen-bond acceptors (Lipinski definition) is 2. The van der Waals surface area contributed by atoms with Gasteiger partial charge in [-0.3, -0.25) is 4.79 Å². The summed E-state index contributed by atoms with van der Waals surface area (Å²) in [6.45, 7) is 3.83. The SMILES string of the molecule is CC(C)(c1ccccc1)C(N)C(N)=O.Cl. The number of amides is 1. The molecule has 1 aromatic rings. The summed E-state index contributed by atoms with van der Waals surface area (Å²) in [5.74, 6) is -0.473. The third-order valence-corrected chi connectivity index (χ3v) is 2.60. The Morgan fingerprint density at radius 2 is 1.73 bits per heavy atom. The molecular weight excluding hydrogens is 212 g/mol. The van der Waals surface area contributed by atoms with Crippen LogP contribution in [-0.2, 0) is 10.2 Å². The molecule has 0 aromatic heterocycles. The second-order valence-corrected chi connectivity index (χ2v) is 3.97. The van der Waals surface area contributed by atoms with E-state index in [9.17, 15) is 4.79 Å². The molecule has 0 bridgehead atoms. The van der Waals surface area contributed by atoms with Crippen molar-refractivity contribution in [3.05, 3.63) is 35.9 Å². The Morgan fingerprint density at radius 3 is 2.13 bits per heavy atom. The van der Waals surface area contributed by atoms with Gasteiger partial charge in [0.25, 0.3) is 0 Å². The number of hydrogen-bond donors (Lipinski definition) is 2. The molecule has 1 rings (SSSR count). The molecule has 4 N–H and O–H groups in total. The summed E-state index contributed by atoms with van der Waals surface area (Å²) in [6, 6.07) is 9.00. The van der Waals surface area contributed by atoms with Crippen molar-refractivity contribution in [1.82, 2.24) is 0 Å². The first kappa shape index (κ1) is 13.9. The maximum absolute atomic E-state index is 11.0. The fourth-order valence-electron chi connectivity index (χ4n) is 1.40. The van der Waals surface area contributed by atoms with Gasteiger partial charge in [0.1, 0.15) is 0 Å². The molecule has 0 aliphatic rings. The lowest BCUT2D eigenvalue weighted by atomic mass is 9.78. The van der Waals surface area contributed by atoms with Crippen molar-refractivity contribution in [3.8, 4) is 0 Å². The van der Waals surface area contributed by atoms with Gasteiger partial charge in [-0.2, -0.15) is 0 Å². The van der Waals surface area contributed by atoms with Crippen LogP contribution in [0.25, 0.3) is 0 Å². The van der Waals surface area contributed by atoms with E-state index in [1.165, 1.54) is 0 Å². The minimum absolute atomic E-state index is 0. The van der Waals surface area contributed by atoms with Crippen molar-refractivity contribution < 1.29 is 4.79 Å². The van der Waals surface area contributed by atoms with E-state index in [1.54, 1.807) is 0 Å². The highest BCUT2D eigenvalue weighted by Crippen LogP contribution is 2.25. The molecule has 3 nitrogen and oxygen atoms in total. The average Bonchev–Trinajstić information content (AvgIpc) is 2.18. The lowest BCUT2D eigenvalue weighted by Crippen LogP contribution is -2.50. The second kappa shape index (κ2) is 5.14. The molecule has 0 heterocycles. The number of rotatable bonds is 3. The Hall–Kier alpha value is -1.06. The molecular formula is C11H17ClN2O. The second-order valence-electron chi connectivity index (χ2n) is 3.97. The number of carbonyl (C=O) groups is 1. The standard InChI is InChI=1S/C11H16N2O.ClH/c1-11(2,9(12)10(13)14)8-6-4-3-5-7-8;/h3-7,9H,12H2,1-2H3,(H2,13,14);1H. The summed E-state index contributed by atoms with van der Waals surface area (Å²) in [6.07, 6.45) is 0. The third kappa shape index (κ3) is 2.94. The van der Waals surface area contributed by atoms with Crippen LogP contribution in [0.5, 0.6) is 0 Å². The maximum atomic E-state index is 11.0. The van der Waals surface area contributed by atoms with Crippen LogP contribution < -0.4 is 11.5 Å². The van der Waals surface area contributed by atoms with E-state index < -0.39 is 17.4 Å². The summed E-state index contributed by atoms with van der Waals surface area (Å²) in [7, 11) is 0. The average molecular weight is 229 g/mol. The van der Waals surface area contributed by atoms with Gasteiger partial charge in [0, 0.05) is 5.41 Å². The lowest BCUT2D eigenvalue weighted by molar-refractivity contribution is -0.120. The molecule has 0 fully saturated rings. The number of carbonyl (C=O) groups excluding carboxylic acids is 1.